The van der Waals surface area contributed by atoms with E-state index in [9.17, 15) is 0 Å². The Bertz CT molecular complexity index is 846. The second-order valence-electron chi connectivity index (χ2n) is 6.69. The molecule has 0 bridgehead atoms. The van der Waals surface area contributed by atoms with Crippen molar-refractivity contribution in [3.05, 3.63) is 60.7 Å². The van der Waals surface area contributed by atoms with Crippen molar-refractivity contribution >= 4 is 11.9 Å². The average Bonchev–Trinajstić information content (AvgIpc) is 2.68. The molecular weight excluding hydrogens is 324 g/mol. The van der Waals surface area contributed by atoms with Crippen LogP contribution in [0, 0.1) is 5.41 Å². The fraction of sp³-hybridized carbons (Fsp3) is 0.200. The number of aromatic nitrogens is 3. The predicted octanol–water partition coefficient (Wildman–Crippen LogP) is 3.27. The normalized spacial score (nSPS) is 11.2. The summed E-state index contributed by atoms with van der Waals surface area (Å²) < 4.78 is 0.120. The molecule has 3 aromatic rings. The minimum absolute atomic E-state index is 0.120. The smallest absolute Gasteiger partial charge is 0.317 e. The molecule has 0 aliphatic carbocycles. The molecular formula is C20H23N6+. The number of nitrogens with zero attached hydrogens (tertiary/aromatic N) is 5. The lowest BCUT2D eigenvalue weighted by Gasteiger charge is -2.29. The summed E-state index contributed by atoms with van der Waals surface area (Å²) in [5.74, 6) is 2.12. The van der Waals surface area contributed by atoms with Crippen LogP contribution in [0.25, 0.3) is 22.8 Å². The molecule has 0 atom stereocenters. The zero-order valence-electron chi connectivity index (χ0n) is 15.5. The molecule has 132 valence electrons. The molecule has 0 saturated carbocycles. The number of guanidine groups is 1. The van der Waals surface area contributed by atoms with Gasteiger partial charge >= 0.3 is 11.9 Å². The van der Waals surface area contributed by atoms with Crippen molar-refractivity contribution in [2.45, 2.75) is 0 Å². The molecule has 26 heavy (non-hydrogen) atoms. The second kappa shape index (κ2) is 7.01. The van der Waals surface area contributed by atoms with Crippen molar-refractivity contribution in [3.63, 3.8) is 0 Å². The summed E-state index contributed by atoms with van der Waals surface area (Å²) in [4.78, 5) is 15.8. The minimum Gasteiger partial charge on any atom is -0.317 e. The molecule has 0 aliphatic heterocycles. The van der Waals surface area contributed by atoms with Gasteiger partial charge in [-0.3, -0.25) is 0 Å². The van der Waals surface area contributed by atoms with E-state index in [2.05, 4.69) is 15.0 Å². The first-order chi connectivity index (χ1) is 12.4. The lowest BCUT2D eigenvalue weighted by atomic mass is 10.2. The molecule has 1 heterocycles. The van der Waals surface area contributed by atoms with Gasteiger partial charge in [0, 0.05) is 25.2 Å². The highest BCUT2D eigenvalue weighted by Gasteiger charge is 2.32. The molecule has 0 unspecified atom stereocenters. The zero-order valence-corrected chi connectivity index (χ0v) is 15.5. The number of quaternary nitrogens is 1. The lowest BCUT2D eigenvalue weighted by molar-refractivity contribution is 0.452. The first-order valence-corrected chi connectivity index (χ1v) is 8.37. The Morgan fingerprint density at radius 3 is 1.58 bits per heavy atom. The summed E-state index contributed by atoms with van der Waals surface area (Å²) in [7, 11) is 7.50. The number of rotatable bonds is 3. The Morgan fingerprint density at radius 1 is 0.769 bits per heavy atom. The van der Waals surface area contributed by atoms with E-state index in [0.29, 0.717) is 23.6 Å². The van der Waals surface area contributed by atoms with Gasteiger partial charge in [-0.1, -0.05) is 60.7 Å². The van der Waals surface area contributed by atoms with Crippen LogP contribution in [-0.2, 0) is 0 Å². The number of hydrogen-bond donors (Lipinski definition) is 1. The third kappa shape index (κ3) is 3.45. The van der Waals surface area contributed by atoms with Gasteiger partial charge in [-0.25, -0.2) is 10.4 Å². The first kappa shape index (κ1) is 17.7. The zero-order chi connectivity index (χ0) is 18.7. The topological polar surface area (TPSA) is 65.8 Å². The van der Waals surface area contributed by atoms with E-state index in [4.69, 9.17) is 5.41 Å². The fourth-order valence-corrected chi connectivity index (χ4v) is 2.64. The maximum atomic E-state index is 8.43. The van der Waals surface area contributed by atoms with Crippen LogP contribution in [-0.4, -0.2) is 54.0 Å². The van der Waals surface area contributed by atoms with Gasteiger partial charge in [-0.05, 0) is 0 Å². The highest BCUT2D eigenvalue weighted by Crippen LogP contribution is 2.25. The van der Waals surface area contributed by atoms with Crippen LogP contribution in [0.2, 0.25) is 0 Å². The molecule has 2 aromatic carbocycles. The Balaban J connectivity index is 2.20. The van der Waals surface area contributed by atoms with E-state index in [1.165, 1.54) is 0 Å². The van der Waals surface area contributed by atoms with Gasteiger partial charge in [-0.2, -0.15) is 14.5 Å². The molecule has 0 spiro atoms. The van der Waals surface area contributed by atoms with Crippen molar-refractivity contribution in [2.75, 3.05) is 28.2 Å². The summed E-state index contributed by atoms with van der Waals surface area (Å²) >= 11 is 0. The molecule has 0 radical (unpaired) electrons. The number of nitrogens with one attached hydrogen (secondary N) is 1. The predicted molar refractivity (Wildman–Crippen MR) is 106 cm³/mol. The maximum absolute atomic E-state index is 8.43. The van der Waals surface area contributed by atoms with Gasteiger partial charge in [0.25, 0.3) is 0 Å². The standard InChI is InChI=1S/C20H23N6/c1-25(2)19(21)26(3,4)20-23-17(15-11-7-5-8-12-15)22-18(24-20)16-13-9-6-10-14-16/h5-14,21H,1-4H3/q+1. The van der Waals surface area contributed by atoms with Crippen LogP contribution < -0.4 is 4.48 Å². The third-order valence-electron chi connectivity index (χ3n) is 4.14. The number of hydrogen-bond acceptors (Lipinski definition) is 4. The van der Waals surface area contributed by atoms with E-state index >= 15 is 0 Å². The molecule has 0 amide bonds. The fourth-order valence-electron chi connectivity index (χ4n) is 2.64. The van der Waals surface area contributed by atoms with Crippen molar-refractivity contribution in [2.24, 2.45) is 0 Å². The SMILES string of the molecule is CN(C)C(=N)[N+](C)(C)c1nc(-c2ccccc2)nc(-c2ccccc2)n1. The van der Waals surface area contributed by atoms with E-state index in [-0.39, 0.29) is 4.48 Å². The van der Waals surface area contributed by atoms with Gasteiger partial charge in [-0.15, -0.1) is 0 Å². The van der Waals surface area contributed by atoms with Crippen LogP contribution in [0.5, 0.6) is 0 Å². The van der Waals surface area contributed by atoms with Gasteiger partial charge in [0.15, 0.2) is 11.6 Å². The third-order valence-corrected chi connectivity index (χ3v) is 4.14. The van der Waals surface area contributed by atoms with Crippen molar-refractivity contribution < 1.29 is 0 Å². The largest absolute Gasteiger partial charge is 0.340 e. The van der Waals surface area contributed by atoms with Crippen LogP contribution in [0.3, 0.4) is 0 Å². The summed E-state index contributed by atoms with van der Waals surface area (Å²) in [6, 6.07) is 19.7. The molecule has 0 saturated heterocycles. The van der Waals surface area contributed by atoms with Crippen molar-refractivity contribution in [1.29, 1.82) is 5.41 Å². The second-order valence-corrected chi connectivity index (χ2v) is 6.69. The van der Waals surface area contributed by atoms with Gasteiger partial charge < -0.3 is 4.90 Å². The van der Waals surface area contributed by atoms with Crippen LogP contribution in [0.15, 0.2) is 60.7 Å². The Labute approximate surface area is 153 Å². The van der Waals surface area contributed by atoms with Gasteiger partial charge in [0.1, 0.15) is 0 Å². The van der Waals surface area contributed by atoms with Crippen LogP contribution in [0.4, 0.5) is 5.95 Å². The average molecular weight is 347 g/mol. The van der Waals surface area contributed by atoms with E-state index in [0.717, 1.165) is 11.1 Å². The monoisotopic (exact) mass is 347 g/mol. The molecule has 6 heteroatoms. The Morgan fingerprint density at radius 2 is 1.19 bits per heavy atom. The van der Waals surface area contributed by atoms with Gasteiger partial charge in [0.05, 0.1) is 14.1 Å². The van der Waals surface area contributed by atoms with E-state index in [1.807, 2.05) is 88.9 Å². The first-order valence-electron chi connectivity index (χ1n) is 8.37. The van der Waals surface area contributed by atoms with E-state index in [1.54, 1.807) is 4.90 Å². The highest BCUT2D eigenvalue weighted by molar-refractivity contribution is 5.86. The maximum Gasteiger partial charge on any atom is 0.340 e. The Kier molecular flexibility index (Phi) is 4.77. The Hall–Kier alpha value is -3.12. The van der Waals surface area contributed by atoms with Crippen LogP contribution >= 0.6 is 0 Å². The quantitative estimate of drug-likeness (QED) is 0.449. The lowest BCUT2D eigenvalue weighted by Crippen LogP contribution is -2.53. The molecule has 6 nitrogen and oxygen atoms in total. The molecule has 0 fully saturated rings. The highest BCUT2D eigenvalue weighted by atomic mass is 15.5. The number of benzene rings is 2. The van der Waals surface area contributed by atoms with Crippen molar-refractivity contribution in [1.82, 2.24) is 24.3 Å². The molecule has 1 aromatic heterocycles. The minimum atomic E-state index is 0.120. The van der Waals surface area contributed by atoms with Crippen molar-refractivity contribution in [3.8, 4) is 22.8 Å². The molecule has 0 aliphatic rings. The summed E-state index contributed by atoms with van der Waals surface area (Å²) in [5, 5.41) is 8.43. The van der Waals surface area contributed by atoms with Gasteiger partial charge in [0.2, 0.25) is 0 Å². The summed E-state index contributed by atoms with van der Waals surface area (Å²) in [6.45, 7) is 0. The van der Waals surface area contributed by atoms with Crippen LogP contribution in [0.1, 0.15) is 0 Å². The summed E-state index contributed by atoms with van der Waals surface area (Å²) in [6.07, 6.45) is 0. The molecule has 3 rings (SSSR count). The molecule has 1 N–H and O–H groups in total. The van der Waals surface area contributed by atoms with E-state index < -0.39 is 0 Å². The summed E-state index contributed by atoms with van der Waals surface area (Å²) in [5.41, 5.74) is 1.84.